The van der Waals surface area contributed by atoms with E-state index in [1.807, 2.05) is 26.0 Å². The highest BCUT2D eigenvalue weighted by molar-refractivity contribution is 7.91. The number of aryl methyl sites for hydroxylation is 1. The summed E-state index contributed by atoms with van der Waals surface area (Å²) >= 11 is 0. The molecule has 2 atom stereocenters. The van der Waals surface area contributed by atoms with Crippen molar-refractivity contribution in [2.75, 3.05) is 25.2 Å². The molecule has 26 heavy (non-hydrogen) atoms. The van der Waals surface area contributed by atoms with Crippen LogP contribution < -0.4 is 4.74 Å². The highest BCUT2D eigenvalue weighted by Gasteiger charge is 2.34. The first kappa shape index (κ1) is 20.2. The molecule has 0 aliphatic carbocycles. The van der Waals surface area contributed by atoms with Gasteiger partial charge in [0.25, 0.3) is 5.91 Å². The first-order chi connectivity index (χ1) is 12.1. The Balaban J connectivity index is 1.86. The number of amides is 1. The Morgan fingerprint density at radius 3 is 2.62 bits per heavy atom. The standard InChI is InChI=1S/C18H25NO6S/c1-12-6-5-7-16(13(12)2)24-10-17(20)25-14(3)18(21)19(4)15-8-9-26(22,23)11-15/h5-7,14-15H,8-11H2,1-4H3/t14-,15+/m1/s1. The van der Waals surface area contributed by atoms with Crippen molar-refractivity contribution >= 4 is 21.7 Å². The van der Waals surface area contributed by atoms with Crippen LogP contribution in [0.25, 0.3) is 0 Å². The zero-order chi connectivity index (χ0) is 19.5. The van der Waals surface area contributed by atoms with Gasteiger partial charge < -0.3 is 14.4 Å². The molecule has 1 amide bonds. The van der Waals surface area contributed by atoms with Crippen molar-refractivity contribution in [3.63, 3.8) is 0 Å². The summed E-state index contributed by atoms with van der Waals surface area (Å²) in [6, 6.07) is 5.17. The average molecular weight is 383 g/mol. The van der Waals surface area contributed by atoms with Crippen molar-refractivity contribution in [3.05, 3.63) is 29.3 Å². The van der Waals surface area contributed by atoms with Crippen LogP contribution in [0.1, 0.15) is 24.5 Å². The molecule has 0 unspecified atom stereocenters. The predicted molar refractivity (Wildman–Crippen MR) is 96.8 cm³/mol. The van der Waals surface area contributed by atoms with Crippen LogP contribution in [0.5, 0.6) is 5.75 Å². The number of likely N-dealkylation sites (N-methyl/N-ethyl adjacent to an activating group) is 1. The first-order valence-corrected chi connectivity index (χ1v) is 10.3. The van der Waals surface area contributed by atoms with E-state index in [4.69, 9.17) is 9.47 Å². The van der Waals surface area contributed by atoms with Crippen molar-refractivity contribution in [3.8, 4) is 5.75 Å². The Labute approximate surface area is 154 Å². The molecule has 1 fully saturated rings. The summed E-state index contributed by atoms with van der Waals surface area (Å²) in [4.78, 5) is 25.7. The number of sulfone groups is 1. The molecule has 1 saturated heterocycles. The molecule has 1 heterocycles. The molecule has 1 aliphatic heterocycles. The predicted octanol–water partition coefficient (Wildman–Crippen LogP) is 1.26. The molecule has 7 nitrogen and oxygen atoms in total. The number of carbonyl (C=O) groups excluding carboxylic acids is 2. The van der Waals surface area contributed by atoms with E-state index in [9.17, 15) is 18.0 Å². The molecule has 0 aromatic heterocycles. The summed E-state index contributed by atoms with van der Waals surface area (Å²) in [5.74, 6) is -0.459. The van der Waals surface area contributed by atoms with Crippen LogP contribution in [0.3, 0.4) is 0 Å². The van der Waals surface area contributed by atoms with Crippen LogP contribution in [0.15, 0.2) is 18.2 Å². The maximum absolute atomic E-state index is 12.4. The van der Waals surface area contributed by atoms with Gasteiger partial charge in [0.1, 0.15) is 5.75 Å². The van der Waals surface area contributed by atoms with Crippen LogP contribution in [-0.4, -0.2) is 62.5 Å². The molecule has 0 radical (unpaired) electrons. The fourth-order valence-electron chi connectivity index (χ4n) is 2.85. The molecule has 0 bridgehead atoms. The molecule has 8 heteroatoms. The molecule has 144 valence electrons. The number of hydrogen-bond acceptors (Lipinski definition) is 6. The van der Waals surface area contributed by atoms with Crippen molar-refractivity contribution in [1.82, 2.24) is 4.90 Å². The number of benzene rings is 1. The summed E-state index contributed by atoms with van der Waals surface area (Å²) in [5.41, 5.74) is 1.99. The molecule has 1 aromatic rings. The highest BCUT2D eigenvalue weighted by atomic mass is 32.2. The number of nitrogens with zero attached hydrogens (tertiary/aromatic N) is 1. The normalized spacial score (nSPS) is 19.6. The third kappa shape index (κ3) is 4.97. The zero-order valence-electron chi connectivity index (χ0n) is 15.5. The fourth-order valence-corrected chi connectivity index (χ4v) is 4.62. The monoisotopic (exact) mass is 383 g/mol. The van der Waals surface area contributed by atoms with E-state index in [0.717, 1.165) is 11.1 Å². The maximum atomic E-state index is 12.4. The van der Waals surface area contributed by atoms with Crippen molar-refractivity contribution in [1.29, 1.82) is 0 Å². The molecule has 2 rings (SSSR count). The van der Waals surface area contributed by atoms with Gasteiger partial charge in [-0.15, -0.1) is 0 Å². The number of esters is 1. The van der Waals surface area contributed by atoms with E-state index in [0.29, 0.717) is 12.2 Å². The minimum absolute atomic E-state index is 0.0499. The van der Waals surface area contributed by atoms with Gasteiger partial charge in [-0.1, -0.05) is 12.1 Å². The van der Waals surface area contributed by atoms with Gasteiger partial charge in [0.2, 0.25) is 0 Å². The van der Waals surface area contributed by atoms with Crippen LogP contribution in [-0.2, 0) is 24.2 Å². The minimum Gasteiger partial charge on any atom is -0.482 e. The second-order valence-electron chi connectivity index (χ2n) is 6.62. The average Bonchev–Trinajstić information content (AvgIpc) is 2.94. The summed E-state index contributed by atoms with van der Waals surface area (Å²) in [6.07, 6.45) is -0.598. The summed E-state index contributed by atoms with van der Waals surface area (Å²) in [7, 11) is -1.56. The molecule has 1 aliphatic rings. The maximum Gasteiger partial charge on any atom is 0.344 e. The lowest BCUT2D eigenvalue weighted by molar-refractivity contribution is -0.160. The van der Waals surface area contributed by atoms with E-state index >= 15 is 0 Å². The summed E-state index contributed by atoms with van der Waals surface area (Å²) in [6.45, 7) is 5.01. The van der Waals surface area contributed by atoms with Gasteiger partial charge in [-0.05, 0) is 44.4 Å². The third-order valence-electron chi connectivity index (χ3n) is 4.66. The van der Waals surface area contributed by atoms with Gasteiger partial charge in [-0.3, -0.25) is 4.79 Å². The van der Waals surface area contributed by atoms with Gasteiger partial charge in [-0.2, -0.15) is 0 Å². The molecule has 0 spiro atoms. The zero-order valence-corrected chi connectivity index (χ0v) is 16.3. The topological polar surface area (TPSA) is 90.0 Å². The fraction of sp³-hybridized carbons (Fsp3) is 0.556. The van der Waals surface area contributed by atoms with Crippen LogP contribution >= 0.6 is 0 Å². The molecular weight excluding hydrogens is 358 g/mol. The number of carbonyl (C=O) groups is 2. The van der Waals surface area contributed by atoms with Gasteiger partial charge >= 0.3 is 5.97 Å². The lowest BCUT2D eigenvalue weighted by Crippen LogP contribution is -2.44. The van der Waals surface area contributed by atoms with Gasteiger partial charge in [0.15, 0.2) is 22.5 Å². The highest BCUT2D eigenvalue weighted by Crippen LogP contribution is 2.21. The molecule has 0 saturated carbocycles. The van der Waals surface area contributed by atoms with Crippen molar-refractivity contribution < 1.29 is 27.5 Å². The quantitative estimate of drug-likeness (QED) is 0.687. The lowest BCUT2D eigenvalue weighted by atomic mass is 10.1. The van der Waals surface area contributed by atoms with Crippen LogP contribution in [0, 0.1) is 13.8 Å². The first-order valence-electron chi connectivity index (χ1n) is 8.46. The second kappa shape index (κ2) is 8.07. The van der Waals surface area contributed by atoms with Crippen LogP contribution in [0.4, 0.5) is 0 Å². The lowest BCUT2D eigenvalue weighted by Gasteiger charge is -2.26. The Morgan fingerprint density at radius 1 is 1.31 bits per heavy atom. The Bertz CT molecular complexity index is 789. The van der Waals surface area contributed by atoms with Crippen LogP contribution in [0.2, 0.25) is 0 Å². The number of rotatable bonds is 6. The van der Waals surface area contributed by atoms with E-state index in [-0.39, 0.29) is 24.2 Å². The number of hydrogen-bond donors (Lipinski definition) is 0. The second-order valence-corrected chi connectivity index (χ2v) is 8.85. The van der Waals surface area contributed by atoms with Gasteiger partial charge in [0.05, 0.1) is 11.5 Å². The molecular formula is C18H25NO6S. The molecule has 1 aromatic carbocycles. The van der Waals surface area contributed by atoms with Crippen molar-refractivity contribution in [2.24, 2.45) is 0 Å². The smallest absolute Gasteiger partial charge is 0.344 e. The third-order valence-corrected chi connectivity index (χ3v) is 6.41. The Kier molecular flexibility index (Phi) is 6.28. The van der Waals surface area contributed by atoms with E-state index in [1.165, 1.54) is 18.9 Å². The largest absolute Gasteiger partial charge is 0.482 e. The summed E-state index contributed by atoms with van der Waals surface area (Å²) in [5, 5.41) is 0. The minimum atomic E-state index is -3.09. The molecule has 0 N–H and O–H groups in total. The Morgan fingerprint density at radius 2 is 2.00 bits per heavy atom. The van der Waals surface area contributed by atoms with E-state index < -0.39 is 27.8 Å². The SMILES string of the molecule is Cc1cccc(OCC(=O)O[C@H](C)C(=O)N(C)[C@H]2CCS(=O)(=O)C2)c1C. The summed E-state index contributed by atoms with van der Waals surface area (Å²) < 4.78 is 33.7. The van der Waals surface area contributed by atoms with E-state index in [1.54, 1.807) is 6.07 Å². The van der Waals surface area contributed by atoms with Gasteiger partial charge in [-0.25, -0.2) is 13.2 Å². The number of ether oxygens (including phenoxy) is 2. The van der Waals surface area contributed by atoms with E-state index in [2.05, 4.69) is 0 Å². The van der Waals surface area contributed by atoms with Crippen molar-refractivity contribution in [2.45, 2.75) is 39.3 Å². The Hall–Kier alpha value is -2.09. The van der Waals surface area contributed by atoms with Gasteiger partial charge in [0, 0.05) is 13.1 Å².